The highest BCUT2D eigenvalue weighted by Gasteiger charge is 2.29. The quantitative estimate of drug-likeness (QED) is 0.0982. The third-order valence-corrected chi connectivity index (χ3v) is 8.10. The smallest absolute Gasteiger partial charge is 0.180 e. The summed E-state index contributed by atoms with van der Waals surface area (Å²) in [6, 6.07) is 23.4. The molecule has 7 nitrogen and oxygen atoms in total. The second-order valence-electron chi connectivity index (χ2n) is 9.71. The monoisotopic (exact) mass is 528 g/mol. The Morgan fingerprint density at radius 1 is 0.921 bits per heavy atom. The largest absolute Gasteiger partial charge is 0.489 e. The first-order valence-electron chi connectivity index (χ1n) is 12.8. The lowest BCUT2D eigenvalue weighted by molar-refractivity contribution is 0.302. The van der Waals surface area contributed by atoms with Gasteiger partial charge in [0.1, 0.15) is 24.7 Å². The van der Waals surface area contributed by atoms with Crippen LogP contribution in [0.5, 0.6) is 11.5 Å². The summed E-state index contributed by atoms with van der Waals surface area (Å²) in [5.41, 5.74) is 16.6. The minimum atomic E-state index is 0.0677. The van der Waals surface area contributed by atoms with Gasteiger partial charge in [0.05, 0.1) is 5.69 Å². The van der Waals surface area contributed by atoms with Gasteiger partial charge in [0.25, 0.3) is 0 Å². The summed E-state index contributed by atoms with van der Waals surface area (Å²) in [6.45, 7) is 3.25. The fraction of sp³-hybridized carbons (Fsp3) is 0.267. The van der Waals surface area contributed by atoms with Crippen LogP contribution < -0.4 is 20.9 Å². The summed E-state index contributed by atoms with van der Waals surface area (Å²) >= 11 is 1.64. The maximum absolute atomic E-state index is 8.76. The molecule has 0 saturated heterocycles. The van der Waals surface area contributed by atoms with Gasteiger partial charge in [-0.1, -0.05) is 49.2 Å². The van der Waals surface area contributed by atoms with Crippen molar-refractivity contribution in [2.75, 3.05) is 5.73 Å². The van der Waals surface area contributed by atoms with E-state index in [1.807, 2.05) is 36.4 Å². The second-order valence-corrected chi connectivity index (χ2v) is 10.8. The Morgan fingerprint density at radius 2 is 1.50 bits per heavy atom. The van der Waals surface area contributed by atoms with Crippen LogP contribution in [0.15, 0.2) is 78.0 Å². The van der Waals surface area contributed by atoms with Crippen molar-refractivity contribution in [3.05, 3.63) is 94.4 Å². The Labute approximate surface area is 226 Å². The fourth-order valence-electron chi connectivity index (χ4n) is 4.90. The molecule has 1 heterocycles. The van der Waals surface area contributed by atoms with E-state index in [-0.39, 0.29) is 5.84 Å². The van der Waals surface area contributed by atoms with Crippen molar-refractivity contribution in [1.29, 1.82) is 0 Å². The highest BCUT2D eigenvalue weighted by atomic mass is 32.1. The van der Waals surface area contributed by atoms with E-state index >= 15 is 0 Å². The van der Waals surface area contributed by atoms with E-state index in [9.17, 15) is 0 Å². The topological polar surface area (TPSA) is 116 Å². The second kappa shape index (κ2) is 11.6. The van der Waals surface area contributed by atoms with Crippen molar-refractivity contribution in [3.8, 4) is 22.8 Å². The van der Waals surface area contributed by atoms with Gasteiger partial charge in [0.15, 0.2) is 11.0 Å². The number of ether oxygens (including phenoxy) is 2. The number of aromatic nitrogens is 1. The molecule has 2 atom stereocenters. The van der Waals surface area contributed by atoms with Gasteiger partial charge in [0.2, 0.25) is 0 Å². The van der Waals surface area contributed by atoms with Crippen LogP contribution in [0, 0.1) is 5.92 Å². The molecule has 196 valence electrons. The molecule has 2 unspecified atom stereocenters. The summed E-state index contributed by atoms with van der Waals surface area (Å²) in [5.74, 6) is 2.82. The molecule has 38 heavy (non-hydrogen) atoms. The normalized spacial score (nSPS) is 17.4. The third-order valence-electron chi connectivity index (χ3n) is 7.09. The van der Waals surface area contributed by atoms with E-state index in [0.29, 0.717) is 41.5 Å². The van der Waals surface area contributed by atoms with Crippen LogP contribution in [0.25, 0.3) is 11.3 Å². The van der Waals surface area contributed by atoms with Crippen molar-refractivity contribution in [3.63, 3.8) is 0 Å². The van der Waals surface area contributed by atoms with E-state index < -0.39 is 0 Å². The minimum Gasteiger partial charge on any atom is -0.489 e. The molecule has 1 fully saturated rings. The zero-order chi connectivity index (χ0) is 26.5. The van der Waals surface area contributed by atoms with E-state index in [1.54, 1.807) is 35.6 Å². The first-order chi connectivity index (χ1) is 18.5. The minimum absolute atomic E-state index is 0.0677. The van der Waals surface area contributed by atoms with E-state index in [4.69, 9.17) is 26.1 Å². The highest BCUT2D eigenvalue weighted by Crippen LogP contribution is 2.46. The molecule has 1 saturated carbocycles. The zero-order valence-corrected chi connectivity index (χ0v) is 22.2. The number of hydrogen-bond acceptors (Lipinski definition) is 7. The predicted octanol–water partition coefficient (Wildman–Crippen LogP) is 6.55. The van der Waals surface area contributed by atoms with Crippen LogP contribution >= 0.6 is 11.3 Å². The lowest BCUT2D eigenvalue weighted by Gasteiger charge is -2.15. The first-order valence-corrected chi connectivity index (χ1v) is 13.6. The molecule has 1 aromatic heterocycles. The summed E-state index contributed by atoms with van der Waals surface area (Å²) in [7, 11) is 0. The molecule has 3 aromatic carbocycles. The Balaban J connectivity index is 1.15. The van der Waals surface area contributed by atoms with Gasteiger partial charge in [-0.25, -0.2) is 4.98 Å². The van der Waals surface area contributed by atoms with E-state index in [0.717, 1.165) is 28.1 Å². The number of thiazole rings is 1. The SMILES string of the molecule is CC1CCCC1c1sc(N)nc1-c1ccc(OCc2ccc(COc3ccc(C(N)=NO)cc3)cc2)cc1. The summed E-state index contributed by atoms with van der Waals surface area (Å²) in [4.78, 5) is 5.99. The van der Waals surface area contributed by atoms with Crippen molar-refractivity contribution in [2.24, 2.45) is 16.8 Å². The maximum Gasteiger partial charge on any atom is 0.180 e. The molecule has 0 aliphatic heterocycles. The van der Waals surface area contributed by atoms with Gasteiger partial charge in [-0.3, -0.25) is 0 Å². The van der Waals surface area contributed by atoms with Gasteiger partial charge in [0, 0.05) is 16.0 Å². The van der Waals surface area contributed by atoms with Gasteiger partial charge >= 0.3 is 0 Å². The summed E-state index contributed by atoms with van der Waals surface area (Å²) < 4.78 is 11.9. The lowest BCUT2D eigenvalue weighted by Crippen LogP contribution is -2.12. The van der Waals surface area contributed by atoms with Crippen molar-refractivity contribution < 1.29 is 14.7 Å². The summed E-state index contributed by atoms with van der Waals surface area (Å²) in [5, 5.41) is 12.4. The standard InChI is InChI=1S/C30H32N4O3S/c1-19-3-2-4-26(19)28-27(33-30(32)38-28)22-9-13-24(14-10-22)36-17-20-5-7-21(8-6-20)18-37-25-15-11-23(12-16-25)29(31)34-35/h5-16,19,26,35H,2-4,17-18H2,1H3,(H2,31,34)(H2,32,33). The van der Waals surface area contributed by atoms with Crippen molar-refractivity contribution in [1.82, 2.24) is 4.98 Å². The maximum atomic E-state index is 8.76. The number of oxime groups is 1. The van der Waals surface area contributed by atoms with Crippen LogP contribution in [0.1, 0.15) is 53.7 Å². The van der Waals surface area contributed by atoms with Crippen molar-refractivity contribution >= 4 is 22.3 Å². The van der Waals surface area contributed by atoms with E-state index in [1.165, 1.54) is 24.1 Å². The summed E-state index contributed by atoms with van der Waals surface area (Å²) in [6.07, 6.45) is 3.76. The zero-order valence-electron chi connectivity index (χ0n) is 21.3. The average Bonchev–Trinajstić information content (AvgIpc) is 3.56. The predicted molar refractivity (Wildman–Crippen MR) is 152 cm³/mol. The molecule has 0 radical (unpaired) electrons. The van der Waals surface area contributed by atoms with Crippen LogP contribution in [-0.2, 0) is 13.2 Å². The van der Waals surface area contributed by atoms with Gasteiger partial charge < -0.3 is 26.1 Å². The van der Waals surface area contributed by atoms with Crippen LogP contribution in [0.4, 0.5) is 5.13 Å². The number of nitrogens with zero attached hydrogens (tertiary/aromatic N) is 2. The van der Waals surface area contributed by atoms with Crippen LogP contribution in [0.3, 0.4) is 0 Å². The van der Waals surface area contributed by atoms with Gasteiger partial charge in [-0.05, 0) is 77.9 Å². The molecule has 0 spiro atoms. The lowest BCUT2D eigenvalue weighted by atomic mass is 9.94. The molecular weight excluding hydrogens is 496 g/mol. The fourth-order valence-corrected chi connectivity index (χ4v) is 6.02. The molecule has 5 N–H and O–H groups in total. The number of benzene rings is 3. The number of nitrogens with two attached hydrogens (primary N) is 2. The number of nitrogen functional groups attached to an aromatic ring is 1. The van der Waals surface area contributed by atoms with Crippen LogP contribution in [0.2, 0.25) is 0 Å². The molecular formula is C30H32N4O3S. The Bertz CT molecular complexity index is 1380. The van der Waals surface area contributed by atoms with E-state index in [2.05, 4.69) is 29.2 Å². The molecule has 4 aromatic rings. The number of hydrogen-bond donors (Lipinski definition) is 3. The first kappa shape index (κ1) is 25.6. The van der Waals surface area contributed by atoms with Crippen LogP contribution in [-0.4, -0.2) is 16.0 Å². The third kappa shape index (κ3) is 5.92. The molecule has 1 aliphatic rings. The van der Waals surface area contributed by atoms with Gasteiger partial charge in [-0.15, -0.1) is 11.3 Å². The Hall–Kier alpha value is -4.04. The molecule has 0 amide bonds. The van der Waals surface area contributed by atoms with Crippen molar-refractivity contribution in [2.45, 2.75) is 45.3 Å². The number of rotatable bonds is 9. The molecule has 0 bridgehead atoms. The Kier molecular flexibility index (Phi) is 7.79. The average molecular weight is 529 g/mol. The molecule has 5 rings (SSSR count). The number of anilines is 1. The molecule has 1 aliphatic carbocycles. The number of amidine groups is 1. The highest BCUT2D eigenvalue weighted by molar-refractivity contribution is 7.15. The Morgan fingerprint density at radius 3 is 2.03 bits per heavy atom. The van der Waals surface area contributed by atoms with Gasteiger partial charge in [-0.2, -0.15) is 0 Å². The molecule has 8 heteroatoms.